The van der Waals surface area contributed by atoms with E-state index in [0.29, 0.717) is 12.5 Å². The van der Waals surface area contributed by atoms with Crippen molar-refractivity contribution in [3.05, 3.63) is 45.9 Å². The van der Waals surface area contributed by atoms with E-state index in [2.05, 4.69) is 22.2 Å². The molecule has 2 aromatic rings. The van der Waals surface area contributed by atoms with Crippen molar-refractivity contribution in [1.29, 1.82) is 0 Å². The Morgan fingerprint density at radius 3 is 2.67 bits per heavy atom. The van der Waals surface area contributed by atoms with E-state index in [1.54, 1.807) is 11.3 Å². The summed E-state index contributed by atoms with van der Waals surface area (Å²) in [6, 6.07) is 9.74. The third-order valence-corrected chi connectivity index (χ3v) is 3.56. The minimum absolute atomic E-state index is 0.409. The van der Waals surface area contributed by atoms with Gasteiger partial charge in [-0.15, -0.1) is 11.3 Å². The fourth-order valence-corrected chi connectivity index (χ4v) is 2.33. The van der Waals surface area contributed by atoms with E-state index in [4.69, 9.17) is 5.73 Å². The number of guanidine groups is 1. The summed E-state index contributed by atoms with van der Waals surface area (Å²) in [5.74, 6) is 0.409. The van der Waals surface area contributed by atoms with Gasteiger partial charge < -0.3 is 11.1 Å². The van der Waals surface area contributed by atoms with Gasteiger partial charge in [-0.3, -0.25) is 0 Å². The van der Waals surface area contributed by atoms with Crippen LogP contribution >= 0.6 is 11.3 Å². The molecule has 0 bridgehead atoms. The van der Waals surface area contributed by atoms with Crippen molar-refractivity contribution in [2.24, 2.45) is 10.7 Å². The third kappa shape index (κ3) is 3.30. The molecule has 94 valence electrons. The van der Waals surface area contributed by atoms with Crippen LogP contribution in [0.2, 0.25) is 0 Å². The summed E-state index contributed by atoms with van der Waals surface area (Å²) in [5, 5.41) is 4.03. The van der Waals surface area contributed by atoms with Crippen molar-refractivity contribution in [3.63, 3.8) is 0 Å². The van der Waals surface area contributed by atoms with E-state index in [9.17, 15) is 0 Å². The van der Waals surface area contributed by atoms with Crippen LogP contribution in [0.3, 0.4) is 0 Å². The number of aliphatic imine (C=N–C) groups is 1. The quantitative estimate of drug-likeness (QED) is 0.659. The number of hydrogen-bond donors (Lipinski definition) is 2. The van der Waals surface area contributed by atoms with Gasteiger partial charge in [0.05, 0.1) is 12.2 Å². The monoisotopic (exact) mass is 260 g/mol. The third-order valence-electron chi connectivity index (χ3n) is 2.50. The molecule has 1 aromatic carbocycles. The van der Waals surface area contributed by atoms with Crippen molar-refractivity contribution >= 4 is 23.0 Å². The number of rotatable bonds is 3. The summed E-state index contributed by atoms with van der Waals surface area (Å²) < 4.78 is 0. The van der Waals surface area contributed by atoms with Gasteiger partial charge in [0.2, 0.25) is 0 Å². The standard InChI is InChI=1S/C13H16N4S/c1-9-10(2)18-12(16-9)8-15-13(14)17-11-6-4-3-5-7-11/h3-7H,8H2,1-2H3,(H3,14,15,17). The highest BCUT2D eigenvalue weighted by Crippen LogP contribution is 2.17. The Balaban J connectivity index is 1.97. The van der Waals surface area contributed by atoms with Crippen molar-refractivity contribution in [3.8, 4) is 0 Å². The van der Waals surface area contributed by atoms with Crippen LogP contribution in [0.15, 0.2) is 35.3 Å². The van der Waals surface area contributed by atoms with Gasteiger partial charge in [-0.05, 0) is 26.0 Å². The Kier molecular flexibility index (Phi) is 3.94. The first kappa shape index (κ1) is 12.6. The van der Waals surface area contributed by atoms with Crippen molar-refractivity contribution in [2.75, 3.05) is 5.32 Å². The molecule has 0 aliphatic heterocycles. The Labute approximate surface area is 111 Å². The number of nitrogens with one attached hydrogen (secondary N) is 1. The van der Waals surface area contributed by atoms with Crippen LogP contribution in [0.1, 0.15) is 15.6 Å². The smallest absolute Gasteiger partial charge is 0.193 e. The fourth-order valence-electron chi connectivity index (χ4n) is 1.47. The van der Waals surface area contributed by atoms with E-state index in [0.717, 1.165) is 16.4 Å². The molecule has 3 N–H and O–H groups in total. The Hall–Kier alpha value is -1.88. The minimum atomic E-state index is 0.409. The van der Waals surface area contributed by atoms with E-state index >= 15 is 0 Å². The van der Waals surface area contributed by atoms with E-state index in [1.165, 1.54) is 4.88 Å². The van der Waals surface area contributed by atoms with Crippen LogP contribution in [0.25, 0.3) is 0 Å². The second-order valence-electron chi connectivity index (χ2n) is 3.94. The zero-order chi connectivity index (χ0) is 13.0. The summed E-state index contributed by atoms with van der Waals surface area (Å²) in [4.78, 5) is 9.92. The summed E-state index contributed by atoms with van der Waals surface area (Å²) in [5.41, 5.74) is 7.82. The molecule has 0 atom stereocenters. The molecule has 2 rings (SSSR count). The second-order valence-corrected chi connectivity index (χ2v) is 5.23. The first-order chi connectivity index (χ1) is 8.65. The van der Waals surface area contributed by atoms with Gasteiger partial charge in [-0.25, -0.2) is 9.98 Å². The number of thiazole rings is 1. The van der Waals surface area contributed by atoms with Gasteiger partial charge in [0.25, 0.3) is 0 Å². The average Bonchev–Trinajstić information content (AvgIpc) is 2.68. The molecule has 5 heteroatoms. The highest BCUT2D eigenvalue weighted by molar-refractivity contribution is 7.11. The zero-order valence-corrected chi connectivity index (χ0v) is 11.3. The van der Waals surface area contributed by atoms with Crippen LogP contribution in [0, 0.1) is 13.8 Å². The second kappa shape index (κ2) is 5.64. The molecule has 0 saturated carbocycles. The molecular formula is C13H16N4S. The number of benzene rings is 1. The maximum Gasteiger partial charge on any atom is 0.193 e. The van der Waals surface area contributed by atoms with Crippen LogP contribution in [-0.4, -0.2) is 10.9 Å². The fraction of sp³-hybridized carbons (Fsp3) is 0.231. The molecule has 1 aromatic heterocycles. The van der Waals surface area contributed by atoms with Crippen molar-refractivity contribution < 1.29 is 0 Å². The Bertz CT molecular complexity index is 526. The first-order valence-electron chi connectivity index (χ1n) is 5.70. The van der Waals surface area contributed by atoms with Gasteiger partial charge in [0.1, 0.15) is 5.01 Å². The van der Waals surface area contributed by atoms with E-state index in [1.807, 2.05) is 37.3 Å². The first-order valence-corrected chi connectivity index (χ1v) is 6.51. The predicted octanol–water partition coefficient (Wildman–Crippen LogP) is 2.69. The maximum absolute atomic E-state index is 5.81. The molecule has 0 aliphatic carbocycles. The van der Waals surface area contributed by atoms with Crippen LogP contribution in [0.5, 0.6) is 0 Å². The van der Waals surface area contributed by atoms with Crippen molar-refractivity contribution in [1.82, 2.24) is 4.98 Å². The number of aryl methyl sites for hydroxylation is 2. The number of aromatic nitrogens is 1. The molecule has 18 heavy (non-hydrogen) atoms. The molecule has 0 amide bonds. The average molecular weight is 260 g/mol. The van der Waals surface area contributed by atoms with Crippen LogP contribution < -0.4 is 11.1 Å². The molecule has 1 heterocycles. The van der Waals surface area contributed by atoms with E-state index in [-0.39, 0.29) is 0 Å². The summed E-state index contributed by atoms with van der Waals surface area (Å²) in [6.45, 7) is 4.58. The number of hydrogen-bond acceptors (Lipinski definition) is 3. The lowest BCUT2D eigenvalue weighted by Crippen LogP contribution is -2.22. The lowest BCUT2D eigenvalue weighted by molar-refractivity contribution is 1.01. The molecular weight excluding hydrogens is 244 g/mol. The molecule has 0 radical (unpaired) electrons. The molecule has 0 unspecified atom stereocenters. The van der Waals surface area contributed by atoms with Gasteiger partial charge in [0.15, 0.2) is 5.96 Å². The molecule has 0 aliphatic rings. The largest absolute Gasteiger partial charge is 0.370 e. The Morgan fingerprint density at radius 2 is 2.06 bits per heavy atom. The SMILES string of the molecule is Cc1nc(CN=C(N)Nc2ccccc2)sc1C. The number of para-hydroxylation sites is 1. The zero-order valence-electron chi connectivity index (χ0n) is 10.5. The highest BCUT2D eigenvalue weighted by atomic mass is 32.1. The van der Waals surface area contributed by atoms with Crippen molar-refractivity contribution in [2.45, 2.75) is 20.4 Å². The summed E-state index contributed by atoms with van der Waals surface area (Å²) in [6.07, 6.45) is 0. The maximum atomic E-state index is 5.81. The summed E-state index contributed by atoms with van der Waals surface area (Å²) in [7, 11) is 0. The number of nitrogens with two attached hydrogens (primary N) is 1. The van der Waals surface area contributed by atoms with Crippen LogP contribution in [-0.2, 0) is 6.54 Å². The Morgan fingerprint density at radius 1 is 1.33 bits per heavy atom. The van der Waals surface area contributed by atoms with Gasteiger partial charge >= 0.3 is 0 Å². The number of nitrogens with zero attached hydrogens (tertiary/aromatic N) is 2. The van der Waals surface area contributed by atoms with E-state index < -0.39 is 0 Å². The molecule has 0 saturated heterocycles. The highest BCUT2D eigenvalue weighted by Gasteiger charge is 2.02. The van der Waals surface area contributed by atoms with Gasteiger partial charge in [-0.1, -0.05) is 18.2 Å². The lowest BCUT2D eigenvalue weighted by atomic mass is 10.3. The van der Waals surface area contributed by atoms with Gasteiger partial charge in [-0.2, -0.15) is 0 Å². The molecule has 0 spiro atoms. The normalized spacial score (nSPS) is 11.6. The predicted molar refractivity (Wildman–Crippen MR) is 77.0 cm³/mol. The molecule has 0 fully saturated rings. The van der Waals surface area contributed by atoms with Crippen LogP contribution in [0.4, 0.5) is 5.69 Å². The summed E-state index contributed by atoms with van der Waals surface area (Å²) >= 11 is 1.66. The minimum Gasteiger partial charge on any atom is -0.370 e. The lowest BCUT2D eigenvalue weighted by Gasteiger charge is -2.04. The molecule has 4 nitrogen and oxygen atoms in total. The topological polar surface area (TPSA) is 63.3 Å². The van der Waals surface area contributed by atoms with Gasteiger partial charge in [0, 0.05) is 10.6 Å². The number of anilines is 1.